The van der Waals surface area contributed by atoms with E-state index in [1.54, 1.807) is 31.2 Å². The zero-order chi connectivity index (χ0) is 17.2. The number of hydrogen-bond acceptors (Lipinski definition) is 4. The molecule has 1 atom stereocenters. The first-order valence-electron chi connectivity index (χ1n) is 7.73. The van der Waals surface area contributed by atoms with Gasteiger partial charge in [-0.3, -0.25) is 14.4 Å². The van der Waals surface area contributed by atoms with Gasteiger partial charge in [0.25, 0.3) is 5.91 Å². The van der Waals surface area contributed by atoms with E-state index >= 15 is 0 Å². The lowest BCUT2D eigenvalue weighted by Crippen LogP contribution is -2.48. The molecule has 0 aliphatic rings. The molecule has 0 heterocycles. The lowest BCUT2D eigenvalue weighted by Gasteiger charge is -2.20. The minimum absolute atomic E-state index is 0.206. The van der Waals surface area contributed by atoms with Gasteiger partial charge in [-0.2, -0.15) is 0 Å². The molecule has 126 valence electrons. The molecule has 6 nitrogen and oxygen atoms in total. The second kappa shape index (κ2) is 9.61. The second-order valence-corrected chi connectivity index (χ2v) is 5.54. The molecule has 6 heteroatoms. The van der Waals surface area contributed by atoms with Crippen molar-refractivity contribution < 1.29 is 19.1 Å². The van der Waals surface area contributed by atoms with Crippen LogP contribution < -0.4 is 10.6 Å². The average molecular weight is 320 g/mol. The Morgan fingerprint density at radius 2 is 1.78 bits per heavy atom. The van der Waals surface area contributed by atoms with Crippen LogP contribution in [0.25, 0.3) is 0 Å². The van der Waals surface area contributed by atoms with Crippen LogP contribution >= 0.6 is 0 Å². The minimum atomic E-state index is -0.697. The van der Waals surface area contributed by atoms with Crippen LogP contribution in [0.5, 0.6) is 0 Å². The number of esters is 1. The van der Waals surface area contributed by atoms with E-state index in [9.17, 15) is 14.4 Å². The highest BCUT2D eigenvalue weighted by Gasteiger charge is 2.23. The molecular formula is C17H24N2O4. The van der Waals surface area contributed by atoms with E-state index in [2.05, 4.69) is 10.6 Å². The summed E-state index contributed by atoms with van der Waals surface area (Å²) in [5, 5.41) is 5.22. The molecule has 1 aromatic rings. The largest absolute Gasteiger partial charge is 0.465 e. The molecular weight excluding hydrogens is 296 g/mol. The van der Waals surface area contributed by atoms with Crippen molar-refractivity contribution in [1.82, 2.24) is 10.6 Å². The number of rotatable bonds is 8. The highest BCUT2D eigenvalue weighted by Crippen LogP contribution is 2.07. The summed E-state index contributed by atoms with van der Waals surface area (Å²) < 4.78 is 4.76. The van der Waals surface area contributed by atoms with E-state index in [0.29, 0.717) is 12.0 Å². The van der Waals surface area contributed by atoms with Crippen molar-refractivity contribution in [2.24, 2.45) is 5.92 Å². The standard InChI is InChI=1S/C17H24N2O4/c1-4-23-15(20)11-18-17(22)14(10-12(2)3)19-16(21)13-8-6-5-7-9-13/h5-9,12,14H,4,10-11H2,1-3H3,(H,18,22)(H,19,21). The maximum atomic E-state index is 12.2. The number of benzene rings is 1. The molecule has 0 bridgehead atoms. The first kappa shape index (κ1) is 18.7. The van der Waals surface area contributed by atoms with Gasteiger partial charge in [-0.15, -0.1) is 0 Å². The zero-order valence-electron chi connectivity index (χ0n) is 13.8. The molecule has 0 saturated heterocycles. The van der Waals surface area contributed by atoms with Crippen molar-refractivity contribution in [2.75, 3.05) is 13.2 Å². The van der Waals surface area contributed by atoms with E-state index in [1.807, 2.05) is 19.9 Å². The number of ether oxygens (including phenoxy) is 1. The summed E-state index contributed by atoms with van der Waals surface area (Å²) in [5.41, 5.74) is 0.486. The van der Waals surface area contributed by atoms with Gasteiger partial charge in [0.15, 0.2) is 0 Å². The van der Waals surface area contributed by atoms with Gasteiger partial charge < -0.3 is 15.4 Å². The molecule has 1 aromatic carbocycles. The Hall–Kier alpha value is -2.37. The Morgan fingerprint density at radius 1 is 1.13 bits per heavy atom. The fraction of sp³-hybridized carbons (Fsp3) is 0.471. The van der Waals surface area contributed by atoms with Crippen LogP contribution in [-0.4, -0.2) is 37.0 Å². The van der Waals surface area contributed by atoms with Gasteiger partial charge in [-0.1, -0.05) is 32.0 Å². The van der Waals surface area contributed by atoms with Crippen LogP contribution in [0.4, 0.5) is 0 Å². The van der Waals surface area contributed by atoms with Crippen LogP contribution in [-0.2, 0) is 14.3 Å². The van der Waals surface area contributed by atoms with Gasteiger partial charge in [0, 0.05) is 5.56 Å². The molecule has 0 spiro atoms. The lowest BCUT2D eigenvalue weighted by atomic mass is 10.0. The highest BCUT2D eigenvalue weighted by molar-refractivity contribution is 5.97. The third kappa shape index (κ3) is 6.95. The Morgan fingerprint density at radius 3 is 2.35 bits per heavy atom. The molecule has 1 rings (SSSR count). The van der Waals surface area contributed by atoms with Gasteiger partial charge >= 0.3 is 5.97 Å². The predicted octanol–water partition coefficient (Wildman–Crippen LogP) is 1.51. The summed E-state index contributed by atoms with van der Waals surface area (Å²) in [6.45, 7) is 5.67. The normalized spacial score (nSPS) is 11.7. The summed E-state index contributed by atoms with van der Waals surface area (Å²) >= 11 is 0. The molecule has 2 amide bonds. The van der Waals surface area contributed by atoms with Gasteiger partial charge in [0.05, 0.1) is 6.61 Å². The minimum Gasteiger partial charge on any atom is -0.465 e. The fourth-order valence-corrected chi connectivity index (χ4v) is 2.03. The van der Waals surface area contributed by atoms with Gasteiger partial charge in [0.2, 0.25) is 5.91 Å². The Kier molecular flexibility index (Phi) is 7.80. The van der Waals surface area contributed by atoms with Crippen molar-refractivity contribution in [2.45, 2.75) is 33.2 Å². The van der Waals surface area contributed by atoms with Gasteiger partial charge in [0.1, 0.15) is 12.6 Å². The smallest absolute Gasteiger partial charge is 0.325 e. The van der Waals surface area contributed by atoms with E-state index in [-0.39, 0.29) is 25.0 Å². The third-order valence-corrected chi connectivity index (χ3v) is 3.08. The van der Waals surface area contributed by atoms with Crippen molar-refractivity contribution >= 4 is 17.8 Å². The monoisotopic (exact) mass is 320 g/mol. The second-order valence-electron chi connectivity index (χ2n) is 5.54. The molecule has 0 fully saturated rings. The van der Waals surface area contributed by atoms with Crippen LogP contribution in [0.1, 0.15) is 37.6 Å². The molecule has 2 N–H and O–H groups in total. The van der Waals surface area contributed by atoms with E-state index in [1.165, 1.54) is 0 Å². The predicted molar refractivity (Wildman–Crippen MR) is 86.8 cm³/mol. The first-order valence-corrected chi connectivity index (χ1v) is 7.73. The van der Waals surface area contributed by atoms with Crippen LogP contribution in [0, 0.1) is 5.92 Å². The van der Waals surface area contributed by atoms with Crippen molar-refractivity contribution in [3.05, 3.63) is 35.9 Å². The summed E-state index contributed by atoms with van der Waals surface area (Å²) in [5.74, 6) is -0.999. The number of carbonyl (C=O) groups is 3. The molecule has 1 unspecified atom stereocenters. The molecule has 23 heavy (non-hydrogen) atoms. The van der Waals surface area contributed by atoms with E-state index in [4.69, 9.17) is 4.74 Å². The third-order valence-electron chi connectivity index (χ3n) is 3.08. The SMILES string of the molecule is CCOC(=O)CNC(=O)C(CC(C)C)NC(=O)c1ccccc1. The van der Waals surface area contributed by atoms with Gasteiger partial charge in [-0.25, -0.2) is 0 Å². The molecule has 0 aliphatic heterocycles. The fourth-order valence-electron chi connectivity index (χ4n) is 2.03. The zero-order valence-corrected chi connectivity index (χ0v) is 13.8. The molecule has 0 aromatic heterocycles. The summed E-state index contributed by atoms with van der Waals surface area (Å²) in [6.07, 6.45) is 0.479. The summed E-state index contributed by atoms with van der Waals surface area (Å²) in [4.78, 5) is 35.7. The van der Waals surface area contributed by atoms with Crippen molar-refractivity contribution in [3.8, 4) is 0 Å². The van der Waals surface area contributed by atoms with Crippen molar-refractivity contribution in [3.63, 3.8) is 0 Å². The molecule has 0 saturated carbocycles. The lowest BCUT2D eigenvalue weighted by molar-refractivity contribution is -0.143. The first-order chi connectivity index (χ1) is 10.9. The number of carbonyl (C=O) groups excluding carboxylic acids is 3. The van der Waals surface area contributed by atoms with E-state index in [0.717, 1.165) is 0 Å². The molecule has 0 aliphatic carbocycles. The van der Waals surface area contributed by atoms with Crippen LogP contribution in [0.2, 0.25) is 0 Å². The maximum Gasteiger partial charge on any atom is 0.325 e. The van der Waals surface area contributed by atoms with Gasteiger partial charge in [-0.05, 0) is 31.4 Å². The topological polar surface area (TPSA) is 84.5 Å². The maximum absolute atomic E-state index is 12.2. The van der Waals surface area contributed by atoms with Crippen LogP contribution in [0.3, 0.4) is 0 Å². The van der Waals surface area contributed by atoms with Crippen LogP contribution in [0.15, 0.2) is 30.3 Å². The number of amides is 2. The Balaban J connectivity index is 2.66. The average Bonchev–Trinajstić information content (AvgIpc) is 2.52. The summed E-state index contributed by atoms with van der Waals surface area (Å²) in [7, 11) is 0. The molecule has 0 radical (unpaired) electrons. The number of nitrogens with one attached hydrogen (secondary N) is 2. The number of hydrogen-bond donors (Lipinski definition) is 2. The van der Waals surface area contributed by atoms with E-state index < -0.39 is 17.9 Å². The van der Waals surface area contributed by atoms with Crippen molar-refractivity contribution in [1.29, 1.82) is 0 Å². The Bertz CT molecular complexity index is 529. The summed E-state index contributed by atoms with van der Waals surface area (Å²) in [6, 6.07) is 7.99. The Labute approximate surface area is 136 Å². The quantitative estimate of drug-likeness (QED) is 0.711. The highest BCUT2D eigenvalue weighted by atomic mass is 16.5.